The smallest absolute Gasteiger partial charge is 0.343 e. The van der Waals surface area contributed by atoms with E-state index in [2.05, 4.69) is 14.9 Å². The number of rotatable bonds is 2. The lowest BCUT2D eigenvalue weighted by atomic mass is 10.1. The van der Waals surface area contributed by atoms with Crippen molar-refractivity contribution in [2.24, 2.45) is 0 Å². The van der Waals surface area contributed by atoms with Crippen molar-refractivity contribution in [2.45, 2.75) is 6.92 Å². The number of hydrogen-bond donors (Lipinski definition) is 1. The summed E-state index contributed by atoms with van der Waals surface area (Å²) in [7, 11) is 1.28. The fourth-order valence-electron chi connectivity index (χ4n) is 1.41. The molecule has 2 heterocycles. The van der Waals surface area contributed by atoms with E-state index in [1.165, 1.54) is 25.4 Å². The fraction of sp³-hybridized carbons (Fsp3) is 0.182. The van der Waals surface area contributed by atoms with Crippen LogP contribution in [-0.4, -0.2) is 28.3 Å². The normalized spacial score (nSPS) is 10.2. The van der Waals surface area contributed by atoms with Crippen molar-refractivity contribution in [1.82, 2.24) is 10.1 Å². The average Bonchev–Trinajstić information content (AvgIpc) is 2.71. The number of nitrogens with zero attached hydrogens (tertiary/aromatic N) is 2. The van der Waals surface area contributed by atoms with Crippen LogP contribution in [0, 0.1) is 6.92 Å². The summed E-state index contributed by atoms with van der Waals surface area (Å²) in [6, 6.07) is 2.98. The minimum atomic E-state index is -0.534. The van der Waals surface area contributed by atoms with Crippen LogP contribution >= 0.6 is 0 Å². The van der Waals surface area contributed by atoms with Gasteiger partial charge in [0.1, 0.15) is 17.0 Å². The minimum Gasteiger partial charge on any atom is -0.506 e. The van der Waals surface area contributed by atoms with Gasteiger partial charge in [0.25, 0.3) is 0 Å². The van der Waals surface area contributed by atoms with Gasteiger partial charge in [-0.05, 0) is 19.1 Å². The summed E-state index contributed by atoms with van der Waals surface area (Å²) in [5, 5.41) is 12.8. The van der Waals surface area contributed by atoms with Gasteiger partial charge in [-0.3, -0.25) is 0 Å². The van der Waals surface area contributed by atoms with Gasteiger partial charge in [0.05, 0.1) is 19.0 Å². The molecular formula is C11H10N2O4. The summed E-state index contributed by atoms with van der Waals surface area (Å²) in [6.07, 6.45) is 1.26. The van der Waals surface area contributed by atoms with E-state index in [4.69, 9.17) is 9.63 Å². The molecule has 0 fully saturated rings. The van der Waals surface area contributed by atoms with Crippen LogP contribution in [0.4, 0.5) is 0 Å². The Bertz CT molecular complexity index is 545. The third kappa shape index (κ3) is 1.96. The number of aryl methyl sites for hydroxylation is 1. The molecule has 0 bridgehead atoms. The van der Waals surface area contributed by atoms with Gasteiger partial charge in [0, 0.05) is 0 Å². The van der Waals surface area contributed by atoms with Crippen LogP contribution in [0.1, 0.15) is 16.1 Å². The lowest BCUT2D eigenvalue weighted by Gasteiger charge is -2.00. The zero-order valence-electron chi connectivity index (χ0n) is 9.30. The Balaban J connectivity index is 2.52. The topological polar surface area (TPSA) is 85.5 Å². The number of aromatic nitrogens is 2. The Morgan fingerprint density at radius 1 is 1.47 bits per heavy atom. The van der Waals surface area contributed by atoms with Crippen molar-refractivity contribution in [3.8, 4) is 17.2 Å². The first-order valence-electron chi connectivity index (χ1n) is 4.83. The van der Waals surface area contributed by atoms with Gasteiger partial charge in [-0.15, -0.1) is 0 Å². The molecule has 2 aromatic rings. The zero-order valence-corrected chi connectivity index (χ0v) is 9.30. The molecule has 2 rings (SSSR count). The number of methoxy groups -OCH3 is 1. The minimum absolute atomic E-state index is 0.0320. The Labute approximate surface area is 96.8 Å². The Hall–Kier alpha value is -2.37. The molecule has 0 unspecified atom stereocenters. The van der Waals surface area contributed by atoms with E-state index in [1.54, 1.807) is 6.92 Å². The average molecular weight is 234 g/mol. The maximum Gasteiger partial charge on any atom is 0.343 e. The first-order valence-corrected chi connectivity index (χ1v) is 4.83. The highest BCUT2D eigenvalue weighted by Gasteiger charge is 2.23. The van der Waals surface area contributed by atoms with E-state index in [9.17, 15) is 4.79 Å². The summed E-state index contributed by atoms with van der Waals surface area (Å²) in [5.41, 5.74) is 1.08. The number of aromatic hydroxyl groups is 1. The molecule has 1 N–H and O–H groups in total. The fourth-order valence-corrected chi connectivity index (χ4v) is 1.41. The molecule has 0 spiro atoms. The molecule has 6 nitrogen and oxygen atoms in total. The van der Waals surface area contributed by atoms with Gasteiger partial charge in [-0.1, -0.05) is 5.16 Å². The Morgan fingerprint density at radius 3 is 2.82 bits per heavy atom. The van der Waals surface area contributed by atoms with Crippen molar-refractivity contribution >= 4 is 5.97 Å². The predicted molar refractivity (Wildman–Crippen MR) is 57.5 cm³/mol. The van der Waals surface area contributed by atoms with E-state index in [-0.39, 0.29) is 17.1 Å². The van der Waals surface area contributed by atoms with E-state index < -0.39 is 5.97 Å². The molecular weight excluding hydrogens is 224 g/mol. The van der Waals surface area contributed by atoms with Gasteiger partial charge >= 0.3 is 5.97 Å². The highest BCUT2D eigenvalue weighted by Crippen LogP contribution is 2.25. The van der Waals surface area contributed by atoms with Crippen LogP contribution in [0.3, 0.4) is 0 Å². The number of carbonyl (C=O) groups is 1. The second-order valence-electron chi connectivity index (χ2n) is 3.37. The van der Waals surface area contributed by atoms with E-state index in [1.807, 2.05) is 0 Å². The molecule has 2 aromatic heterocycles. The van der Waals surface area contributed by atoms with Crippen LogP contribution in [0.5, 0.6) is 5.75 Å². The number of carbonyl (C=O) groups excluding carboxylic acids is 1. The lowest BCUT2D eigenvalue weighted by molar-refractivity contribution is 0.0600. The van der Waals surface area contributed by atoms with E-state index >= 15 is 0 Å². The van der Waals surface area contributed by atoms with Crippen LogP contribution in [0.25, 0.3) is 11.5 Å². The van der Waals surface area contributed by atoms with Gasteiger partial charge < -0.3 is 14.4 Å². The summed E-state index contributed by atoms with van der Waals surface area (Å²) >= 11 is 0. The number of ether oxygens (including phenoxy) is 1. The third-order valence-electron chi connectivity index (χ3n) is 2.23. The van der Waals surface area contributed by atoms with Crippen molar-refractivity contribution in [1.29, 1.82) is 0 Å². The number of hydrogen-bond acceptors (Lipinski definition) is 6. The second-order valence-corrected chi connectivity index (χ2v) is 3.37. The van der Waals surface area contributed by atoms with Crippen molar-refractivity contribution in [3.63, 3.8) is 0 Å². The summed E-state index contributed by atoms with van der Waals surface area (Å²) in [4.78, 5) is 15.5. The van der Waals surface area contributed by atoms with Crippen LogP contribution in [-0.2, 0) is 4.74 Å². The molecule has 17 heavy (non-hydrogen) atoms. The van der Waals surface area contributed by atoms with Crippen molar-refractivity contribution < 1.29 is 19.2 Å². The van der Waals surface area contributed by atoms with Crippen LogP contribution in [0.2, 0.25) is 0 Å². The molecule has 0 saturated heterocycles. The van der Waals surface area contributed by atoms with E-state index in [0.717, 1.165) is 0 Å². The van der Waals surface area contributed by atoms with Crippen molar-refractivity contribution in [3.05, 3.63) is 29.6 Å². The first kappa shape index (κ1) is 11.1. The summed E-state index contributed by atoms with van der Waals surface area (Å²) in [5.74, 6) is -0.271. The number of pyridine rings is 1. The van der Waals surface area contributed by atoms with Gasteiger partial charge in [0.2, 0.25) is 0 Å². The maximum absolute atomic E-state index is 11.6. The Morgan fingerprint density at radius 2 is 2.24 bits per heavy atom. The highest BCUT2D eigenvalue weighted by atomic mass is 16.5. The van der Waals surface area contributed by atoms with Crippen LogP contribution < -0.4 is 0 Å². The third-order valence-corrected chi connectivity index (χ3v) is 2.23. The van der Waals surface area contributed by atoms with Crippen molar-refractivity contribution in [2.75, 3.05) is 7.11 Å². The standard InChI is InChI=1S/C11H10N2O4/c1-6-9(11(15)16-2)10(17-13-6)8-4-3-7(14)5-12-8/h3-5,14H,1-2H3. The largest absolute Gasteiger partial charge is 0.506 e. The monoisotopic (exact) mass is 234 g/mol. The molecule has 6 heteroatoms. The van der Waals surface area contributed by atoms with Gasteiger partial charge in [0.15, 0.2) is 5.76 Å². The molecule has 0 amide bonds. The first-order chi connectivity index (χ1) is 8.13. The molecule has 0 radical (unpaired) electrons. The highest BCUT2D eigenvalue weighted by molar-refractivity contribution is 5.96. The van der Waals surface area contributed by atoms with Gasteiger partial charge in [-0.2, -0.15) is 0 Å². The summed E-state index contributed by atoms with van der Waals surface area (Å²) in [6.45, 7) is 1.64. The molecule has 0 aromatic carbocycles. The van der Waals surface area contributed by atoms with Crippen LogP contribution in [0.15, 0.2) is 22.9 Å². The van der Waals surface area contributed by atoms with Gasteiger partial charge in [-0.25, -0.2) is 9.78 Å². The molecule has 0 aliphatic carbocycles. The maximum atomic E-state index is 11.6. The predicted octanol–water partition coefficient (Wildman–Crippen LogP) is 1.54. The zero-order chi connectivity index (χ0) is 12.4. The SMILES string of the molecule is COC(=O)c1c(C)noc1-c1ccc(O)cn1. The Kier molecular flexibility index (Phi) is 2.78. The molecule has 88 valence electrons. The molecule has 0 atom stereocenters. The molecule has 0 saturated carbocycles. The molecule has 0 aliphatic rings. The number of esters is 1. The lowest BCUT2D eigenvalue weighted by Crippen LogP contribution is -2.03. The second kappa shape index (κ2) is 4.25. The summed E-state index contributed by atoms with van der Waals surface area (Å²) < 4.78 is 9.69. The van der Waals surface area contributed by atoms with E-state index in [0.29, 0.717) is 11.4 Å². The quantitative estimate of drug-likeness (QED) is 0.793. The molecule has 0 aliphatic heterocycles.